The minimum atomic E-state index is -0.264. The third-order valence-corrected chi connectivity index (χ3v) is 5.23. The normalized spacial score (nSPS) is 19.9. The summed E-state index contributed by atoms with van der Waals surface area (Å²) < 4.78 is 12.9. The van der Waals surface area contributed by atoms with Crippen molar-refractivity contribution in [3.63, 3.8) is 0 Å². The van der Waals surface area contributed by atoms with E-state index in [1.165, 1.54) is 17.0 Å². The van der Waals surface area contributed by atoms with Crippen molar-refractivity contribution in [1.82, 2.24) is 15.3 Å². The van der Waals surface area contributed by atoms with Gasteiger partial charge in [0.05, 0.1) is 30.0 Å². The van der Waals surface area contributed by atoms with Crippen LogP contribution in [0.1, 0.15) is 30.1 Å². The van der Waals surface area contributed by atoms with E-state index in [2.05, 4.69) is 10.3 Å². The number of hydrogen-bond acceptors (Lipinski definition) is 2. The van der Waals surface area contributed by atoms with Crippen LogP contribution in [0.15, 0.2) is 48.5 Å². The molecular formula is C21H24FN4O+. The van der Waals surface area contributed by atoms with Crippen molar-refractivity contribution in [1.29, 1.82) is 0 Å². The second kappa shape index (κ2) is 7.88. The molecule has 2 aromatic carbocycles. The molecule has 140 valence electrons. The molecule has 1 aromatic heterocycles. The van der Waals surface area contributed by atoms with Gasteiger partial charge >= 0.3 is 0 Å². The maximum atomic E-state index is 12.9. The summed E-state index contributed by atoms with van der Waals surface area (Å²) in [5.41, 5.74) is 2.96. The van der Waals surface area contributed by atoms with Crippen LogP contribution in [0.2, 0.25) is 0 Å². The topological polar surface area (TPSA) is 62.2 Å². The molecule has 3 aromatic rings. The van der Waals surface area contributed by atoms with Gasteiger partial charge in [0, 0.05) is 6.54 Å². The quantitative estimate of drug-likeness (QED) is 0.644. The molecular weight excluding hydrogens is 343 g/mol. The highest BCUT2D eigenvalue weighted by atomic mass is 19.1. The molecule has 4 rings (SSSR count). The van der Waals surface area contributed by atoms with Crippen molar-refractivity contribution in [2.24, 2.45) is 0 Å². The molecule has 1 aliphatic rings. The van der Waals surface area contributed by atoms with Gasteiger partial charge in [0.15, 0.2) is 6.54 Å². The van der Waals surface area contributed by atoms with E-state index in [-0.39, 0.29) is 11.7 Å². The summed E-state index contributed by atoms with van der Waals surface area (Å²) in [5, 5.41) is 2.94. The SMILES string of the molecule is O=C(C[NH+]1CCC[C@H](c2nc3ccccc3[nH]2)C1)NCc1ccc(F)cc1. The predicted octanol–water partition coefficient (Wildman–Crippen LogP) is 1.78. The van der Waals surface area contributed by atoms with Crippen LogP contribution in [-0.4, -0.2) is 35.5 Å². The lowest BCUT2D eigenvalue weighted by atomic mass is 9.97. The first-order valence-electron chi connectivity index (χ1n) is 9.47. The number of aromatic nitrogens is 2. The summed E-state index contributed by atoms with van der Waals surface area (Å²) in [6.07, 6.45) is 2.18. The van der Waals surface area contributed by atoms with Gasteiger partial charge in [-0.2, -0.15) is 0 Å². The summed E-state index contributed by atoms with van der Waals surface area (Å²) in [7, 11) is 0. The highest BCUT2D eigenvalue weighted by Crippen LogP contribution is 2.21. The molecule has 3 N–H and O–H groups in total. The number of hydrogen-bond donors (Lipinski definition) is 3. The molecule has 2 heterocycles. The summed E-state index contributed by atoms with van der Waals surface area (Å²) in [4.78, 5) is 21.8. The van der Waals surface area contributed by atoms with Crippen LogP contribution in [0, 0.1) is 5.82 Å². The Morgan fingerprint density at radius 3 is 2.85 bits per heavy atom. The van der Waals surface area contributed by atoms with Gasteiger partial charge in [0.2, 0.25) is 0 Å². The number of quaternary nitrogens is 1. The lowest BCUT2D eigenvalue weighted by molar-refractivity contribution is -0.898. The van der Waals surface area contributed by atoms with Crippen LogP contribution in [0.5, 0.6) is 0 Å². The maximum absolute atomic E-state index is 12.9. The average Bonchev–Trinajstić information content (AvgIpc) is 3.12. The van der Waals surface area contributed by atoms with Crippen molar-refractivity contribution in [2.45, 2.75) is 25.3 Å². The number of nitrogens with one attached hydrogen (secondary N) is 3. The second-order valence-corrected chi connectivity index (χ2v) is 7.26. The smallest absolute Gasteiger partial charge is 0.275 e. The van der Waals surface area contributed by atoms with Crippen LogP contribution in [-0.2, 0) is 11.3 Å². The molecule has 1 aliphatic heterocycles. The lowest BCUT2D eigenvalue weighted by Crippen LogP contribution is -3.14. The number of carbonyl (C=O) groups is 1. The summed E-state index contributed by atoms with van der Waals surface area (Å²) in [5.74, 6) is 1.14. The summed E-state index contributed by atoms with van der Waals surface area (Å²) in [6, 6.07) is 14.3. The maximum Gasteiger partial charge on any atom is 0.275 e. The van der Waals surface area contributed by atoms with E-state index in [0.29, 0.717) is 19.0 Å². The number of fused-ring (bicyclic) bond motifs is 1. The third-order valence-electron chi connectivity index (χ3n) is 5.23. The number of benzene rings is 2. The number of H-pyrrole nitrogens is 1. The van der Waals surface area contributed by atoms with E-state index in [1.54, 1.807) is 12.1 Å². The second-order valence-electron chi connectivity index (χ2n) is 7.26. The standard InChI is InChI=1S/C21H23FN4O/c22-17-9-7-15(8-10-17)12-23-20(27)14-26-11-3-4-16(13-26)21-24-18-5-1-2-6-19(18)25-21/h1-2,5-10,16H,3-4,11-14H2,(H,23,27)(H,24,25)/p+1/t16-/m0/s1. The Morgan fingerprint density at radius 2 is 2.04 bits per heavy atom. The van der Waals surface area contributed by atoms with Gasteiger partial charge in [-0.15, -0.1) is 0 Å². The molecule has 0 bridgehead atoms. The van der Waals surface area contributed by atoms with E-state index in [4.69, 9.17) is 4.98 Å². The highest BCUT2D eigenvalue weighted by Gasteiger charge is 2.28. The number of imidazole rings is 1. The molecule has 1 unspecified atom stereocenters. The monoisotopic (exact) mass is 367 g/mol. The van der Waals surface area contributed by atoms with Crippen LogP contribution >= 0.6 is 0 Å². The number of aromatic amines is 1. The minimum Gasteiger partial charge on any atom is -0.347 e. The molecule has 1 fully saturated rings. The first-order valence-corrected chi connectivity index (χ1v) is 9.47. The number of rotatable bonds is 5. The van der Waals surface area contributed by atoms with Crippen molar-refractivity contribution in [2.75, 3.05) is 19.6 Å². The Kier molecular flexibility index (Phi) is 5.16. The third kappa shape index (κ3) is 4.34. The largest absolute Gasteiger partial charge is 0.347 e. The van der Waals surface area contributed by atoms with E-state index >= 15 is 0 Å². The number of nitrogens with zero attached hydrogens (tertiary/aromatic N) is 1. The van der Waals surface area contributed by atoms with Crippen molar-refractivity contribution < 1.29 is 14.1 Å². The molecule has 0 radical (unpaired) electrons. The van der Waals surface area contributed by atoms with Crippen LogP contribution in [0.3, 0.4) is 0 Å². The summed E-state index contributed by atoms with van der Waals surface area (Å²) in [6.45, 7) is 2.79. The Morgan fingerprint density at radius 1 is 1.22 bits per heavy atom. The van der Waals surface area contributed by atoms with Gasteiger partial charge in [-0.1, -0.05) is 24.3 Å². The Labute approximate surface area is 157 Å². The lowest BCUT2D eigenvalue weighted by Gasteiger charge is -2.28. The van der Waals surface area contributed by atoms with E-state index in [0.717, 1.165) is 48.4 Å². The zero-order valence-corrected chi connectivity index (χ0v) is 15.2. The number of likely N-dealkylation sites (tertiary alicyclic amines) is 1. The fraction of sp³-hybridized carbons (Fsp3) is 0.333. The van der Waals surface area contributed by atoms with Gasteiger partial charge in [-0.05, 0) is 42.7 Å². The molecule has 5 nitrogen and oxygen atoms in total. The number of amides is 1. The van der Waals surface area contributed by atoms with Crippen LogP contribution < -0.4 is 10.2 Å². The Balaban J connectivity index is 1.32. The zero-order chi connectivity index (χ0) is 18.6. The minimum absolute atomic E-state index is 0.0274. The zero-order valence-electron chi connectivity index (χ0n) is 15.2. The van der Waals surface area contributed by atoms with Gasteiger partial charge in [0.25, 0.3) is 5.91 Å². The van der Waals surface area contributed by atoms with Crippen LogP contribution in [0.4, 0.5) is 4.39 Å². The van der Waals surface area contributed by atoms with E-state index < -0.39 is 0 Å². The molecule has 0 spiro atoms. The number of piperidine rings is 1. The highest BCUT2D eigenvalue weighted by molar-refractivity contribution is 5.77. The van der Waals surface area contributed by atoms with Gasteiger partial charge < -0.3 is 15.2 Å². The molecule has 0 aliphatic carbocycles. The van der Waals surface area contributed by atoms with Gasteiger partial charge in [-0.3, -0.25) is 4.79 Å². The van der Waals surface area contributed by atoms with Crippen molar-refractivity contribution in [3.05, 3.63) is 65.7 Å². The van der Waals surface area contributed by atoms with Crippen LogP contribution in [0.25, 0.3) is 11.0 Å². The molecule has 27 heavy (non-hydrogen) atoms. The van der Waals surface area contributed by atoms with E-state index in [9.17, 15) is 9.18 Å². The fourth-order valence-electron chi connectivity index (χ4n) is 3.80. The number of carbonyl (C=O) groups excluding carboxylic acids is 1. The first-order chi connectivity index (χ1) is 13.2. The Hall–Kier alpha value is -2.73. The van der Waals surface area contributed by atoms with Crippen molar-refractivity contribution in [3.8, 4) is 0 Å². The van der Waals surface area contributed by atoms with E-state index in [1.807, 2.05) is 24.3 Å². The van der Waals surface area contributed by atoms with Crippen molar-refractivity contribution >= 4 is 16.9 Å². The first kappa shape index (κ1) is 17.7. The van der Waals surface area contributed by atoms with Gasteiger partial charge in [-0.25, -0.2) is 9.37 Å². The molecule has 1 amide bonds. The number of para-hydroxylation sites is 2. The molecule has 0 saturated carbocycles. The number of halogens is 1. The predicted molar refractivity (Wildman–Crippen MR) is 102 cm³/mol. The fourth-order valence-corrected chi connectivity index (χ4v) is 3.80. The molecule has 2 atom stereocenters. The average molecular weight is 367 g/mol. The Bertz CT molecular complexity index is 888. The summed E-state index contributed by atoms with van der Waals surface area (Å²) >= 11 is 0. The van der Waals surface area contributed by atoms with Gasteiger partial charge in [0.1, 0.15) is 11.6 Å². The molecule has 1 saturated heterocycles. The molecule has 6 heteroatoms.